The quantitative estimate of drug-likeness (QED) is 0.0204. The molecule has 1 amide bonds. The van der Waals surface area contributed by atoms with Crippen molar-refractivity contribution in [1.29, 1.82) is 0 Å². The molecule has 14 heteroatoms. The van der Waals surface area contributed by atoms with Gasteiger partial charge in [0.1, 0.15) is 48.8 Å². The van der Waals surface area contributed by atoms with Crippen molar-refractivity contribution in [1.82, 2.24) is 5.32 Å². The zero-order valence-electron chi connectivity index (χ0n) is 51.8. The van der Waals surface area contributed by atoms with Crippen molar-refractivity contribution in [3.63, 3.8) is 0 Å². The fourth-order valence-electron chi connectivity index (χ4n) is 9.90. The van der Waals surface area contributed by atoms with Gasteiger partial charge in [-0.15, -0.1) is 0 Å². The molecule has 0 aliphatic carbocycles. The second-order valence-corrected chi connectivity index (χ2v) is 22.5. The minimum absolute atomic E-state index is 0.259. The summed E-state index contributed by atoms with van der Waals surface area (Å²) < 4.78 is 22.7. The maximum atomic E-state index is 13.2. The molecule has 14 nitrogen and oxygen atoms in total. The van der Waals surface area contributed by atoms with Gasteiger partial charge in [0.25, 0.3) is 0 Å². The third-order valence-corrected chi connectivity index (χ3v) is 15.1. The summed E-state index contributed by atoms with van der Waals surface area (Å²) in [4.78, 5) is 13.2. The smallest absolute Gasteiger partial charge is 0.220 e. The normalized spacial score (nSPS) is 24.5. The number of amides is 1. The lowest BCUT2D eigenvalue weighted by molar-refractivity contribution is -0.359. The summed E-state index contributed by atoms with van der Waals surface area (Å²) in [7, 11) is 0. The molecule has 0 aromatic rings. The van der Waals surface area contributed by atoms with Gasteiger partial charge in [-0.3, -0.25) is 4.79 Å². The second-order valence-electron chi connectivity index (χ2n) is 22.5. The van der Waals surface area contributed by atoms with E-state index in [2.05, 4.69) is 129 Å². The fraction of sp³-hybridized carbons (Fsp3) is 0.700. The molecule has 2 rings (SSSR count). The van der Waals surface area contributed by atoms with Crippen LogP contribution in [0, 0.1) is 0 Å². The van der Waals surface area contributed by atoms with E-state index >= 15 is 0 Å². The number of unbranched alkanes of at least 4 members (excludes halogenated alkanes) is 20. The summed E-state index contributed by atoms with van der Waals surface area (Å²) in [6, 6.07) is -0.942. The van der Waals surface area contributed by atoms with Crippen LogP contribution in [0.25, 0.3) is 0 Å². The van der Waals surface area contributed by atoms with Gasteiger partial charge in [0.15, 0.2) is 12.6 Å². The molecule has 9 N–H and O–H groups in total. The van der Waals surface area contributed by atoms with Gasteiger partial charge < -0.3 is 65.1 Å². The molecule has 0 aromatic carbocycles. The Labute approximate surface area is 508 Å². The maximum absolute atomic E-state index is 13.2. The van der Waals surface area contributed by atoms with Gasteiger partial charge in [-0.2, -0.15) is 0 Å². The first-order valence-electron chi connectivity index (χ1n) is 32.8. The predicted octanol–water partition coefficient (Wildman–Crippen LogP) is 12.6. The Morgan fingerprint density at radius 3 is 1.30 bits per heavy atom. The summed E-state index contributed by atoms with van der Waals surface area (Å²) in [6.45, 7) is 2.56. The largest absolute Gasteiger partial charge is 0.394 e. The first kappa shape index (κ1) is 76.5. The molecular weight excluding hydrogens is 1060 g/mol. The molecule has 0 bridgehead atoms. The van der Waals surface area contributed by atoms with E-state index in [9.17, 15) is 45.6 Å². The SMILES string of the molecule is CC/C=C\C/C=C\C/C=C\C/C=C\C/C=C\C/C=C\C/C=C\CCCCCCCCCCCCCCCCCCCC(=O)NC(COC1OC(CO)C(OC2OC(CO)C(O)C(O)C2O)C(O)C1O)C(O)/C=C/CC/C=C/CC/C=C/CCC. The van der Waals surface area contributed by atoms with E-state index in [-0.39, 0.29) is 18.9 Å². The van der Waals surface area contributed by atoms with Gasteiger partial charge in [-0.25, -0.2) is 0 Å². The molecule has 2 heterocycles. The van der Waals surface area contributed by atoms with Gasteiger partial charge in [-0.05, 0) is 96.3 Å². The summed E-state index contributed by atoms with van der Waals surface area (Å²) in [5.41, 5.74) is 0. The lowest BCUT2D eigenvalue weighted by atomic mass is 9.97. The van der Waals surface area contributed by atoms with Crippen molar-refractivity contribution in [2.45, 2.75) is 293 Å². The van der Waals surface area contributed by atoms with Crippen LogP contribution < -0.4 is 5.32 Å². The van der Waals surface area contributed by atoms with E-state index in [1.54, 1.807) is 6.08 Å². The number of rotatable bonds is 51. The number of carbonyl (C=O) groups excluding carboxylic acids is 1. The summed E-state index contributed by atoms with van der Waals surface area (Å²) in [6.07, 6.45) is 61.4. The number of allylic oxidation sites excluding steroid dienone is 19. The Balaban J connectivity index is 1.58. The van der Waals surface area contributed by atoms with E-state index in [1.165, 1.54) is 89.9 Å². The third kappa shape index (κ3) is 37.8. The zero-order chi connectivity index (χ0) is 60.9. The lowest BCUT2D eigenvalue weighted by Gasteiger charge is -2.46. The van der Waals surface area contributed by atoms with E-state index < -0.39 is 86.8 Å². The van der Waals surface area contributed by atoms with E-state index in [1.807, 2.05) is 6.08 Å². The van der Waals surface area contributed by atoms with Crippen molar-refractivity contribution >= 4 is 5.91 Å². The van der Waals surface area contributed by atoms with Crippen molar-refractivity contribution in [2.24, 2.45) is 0 Å². The molecule has 0 radical (unpaired) electrons. The fourth-order valence-corrected chi connectivity index (χ4v) is 9.90. The van der Waals surface area contributed by atoms with Crippen LogP contribution in [0.4, 0.5) is 0 Å². The number of hydrogen-bond donors (Lipinski definition) is 9. The van der Waals surface area contributed by atoms with Crippen LogP contribution in [-0.4, -0.2) is 140 Å². The Hall–Kier alpha value is -3.61. The van der Waals surface area contributed by atoms with Crippen LogP contribution in [0.1, 0.15) is 219 Å². The standard InChI is InChI=1S/C70H117NO13/c1-3-5-7-9-11-13-15-16-17-18-19-20-21-22-23-24-25-26-27-28-29-30-31-32-33-34-35-36-37-38-39-40-41-42-44-46-48-50-52-54-62(75)71-58(59(74)53-51-49-47-45-43-14-12-10-8-6-4-2)57-81-69-67(80)65(78)68(61(56-73)83-69)84-70-66(79)64(77)63(76)60(55-72)82-70/h5,7-8,10-11,13,16-17,19-20,22-23,25-26,28-29,43,45,51,53,58-61,63-70,72-74,76-80H,3-4,6,9,12,14-15,18,21,24,27,30-42,44,46-50,52,54-57H2,1-2H3,(H,71,75)/b7-5-,10-8+,13-11-,17-16-,20-19-,23-22-,26-25-,29-28-,45-43+,53-51+. The lowest BCUT2D eigenvalue weighted by Crippen LogP contribution is -2.65. The van der Waals surface area contributed by atoms with Crippen LogP contribution >= 0.6 is 0 Å². The molecule has 0 spiro atoms. The van der Waals surface area contributed by atoms with Gasteiger partial charge >= 0.3 is 0 Å². The van der Waals surface area contributed by atoms with Gasteiger partial charge in [0, 0.05) is 6.42 Å². The van der Waals surface area contributed by atoms with Crippen molar-refractivity contribution in [3.05, 3.63) is 122 Å². The minimum Gasteiger partial charge on any atom is -0.394 e. The highest BCUT2D eigenvalue weighted by Crippen LogP contribution is 2.30. The molecule has 84 heavy (non-hydrogen) atoms. The molecule has 12 atom stereocenters. The topological polar surface area (TPSA) is 228 Å². The highest BCUT2D eigenvalue weighted by molar-refractivity contribution is 5.76. The average molecular weight is 1180 g/mol. The van der Waals surface area contributed by atoms with Crippen molar-refractivity contribution < 1.29 is 64.6 Å². The van der Waals surface area contributed by atoms with E-state index in [0.29, 0.717) is 12.8 Å². The van der Waals surface area contributed by atoms with Crippen LogP contribution in [0.3, 0.4) is 0 Å². The second kappa shape index (κ2) is 53.6. The third-order valence-electron chi connectivity index (χ3n) is 15.1. The minimum atomic E-state index is -1.80. The van der Waals surface area contributed by atoms with Crippen LogP contribution in [0.15, 0.2) is 122 Å². The number of ether oxygens (including phenoxy) is 4. The first-order valence-corrected chi connectivity index (χ1v) is 32.8. The van der Waals surface area contributed by atoms with E-state index in [4.69, 9.17) is 18.9 Å². The Bertz CT molecular complexity index is 1870. The van der Waals surface area contributed by atoms with Gasteiger partial charge in [0.2, 0.25) is 5.91 Å². The number of nitrogens with one attached hydrogen (secondary N) is 1. The van der Waals surface area contributed by atoms with Crippen LogP contribution in [-0.2, 0) is 23.7 Å². The summed E-state index contributed by atoms with van der Waals surface area (Å²) in [5.74, 6) is -0.259. The summed E-state index contributed by atoms with van der Waals surface area (Å²) in [5, 5.41) is 87.0. The molecule has 2 aliphatic heterocycles. The number of aliphatic hydroxyl groups is 8. The molecular formula is C70H117NO13. The first-order chi connectivity index (χ1) is 41.1. The summed E-state index contributed by atoms with van der Waals surface area (Å²) >= 11 is 0. The Morgan fingerprint density at radius 2 is 0.833 bits per heavy atom. The van der Waals surface area contributed by atoms with Crippen molar-refractivity contribution in [3.8, 4) is 0 Å². The zero-order valence-corrected chi connectivity index (χ0v) is 51.8. The number of hydrogen-bond acceptors (Lipinski definition) is 13. The number of aliphatic hydroxyl groups excluding tert-OH is 8. The molecule has 0 saturated carbocycles. The highest BCUT2D eigenvalue weighted by atomic mass is 16.7. The molecule has 0 aromatic heterocycles. The van der Waals surface area contributed by atoms with E-state index in [0.717, 1.165) is 96.3 Å². The highest BCUT2D eigenvalue weighted by Gasteiger charge is 2.51. The molecule has 480 valence electrons. The van der Waals surface area contributed by atoms with Gasteiger partial charge in [-0.1, -0.05) is 238 Å². The Morgan fingerprint density at radius 1 is 0.440 bits per heavy atom. The van der Waals surface area contributed by atoms with Crippen LogP contribution in [0.5, 0.6) is 0 Å². The predicted molar refractivity (Wildman–Crippen MR) is 341 cm³/mol. The average Bonchev–Trinajstić information content (AvgIpc) is 3.59. The van der Waals surface area contributed by atoms with Crippen molar-refractivity contribution in [2.75, 3.05) is 19.8 Å². The Kier molecular flexibility index (Phi) is 48.8. The molecule has 2 saturated heterocycles. The molecule has 2 aliphatic rings. The molecule has 2 fully saturated rings. The maximum Gasteiger partial charge on any atom is 0.220 e. The monoisotopic (exact) mass is 1180 g/mol. The number of carbonyl (C=O) groups is 1. The van der Waals surface area contributed by atoms with Gasteiger partial charge in [0.05, 0.1) is 32.0 Å². The molecule has 12 unspecified atom stereocenters. The van der Waals surface area contributed by atoms with Crippen LogP contribution in [0.2, 0.25) is 0 Å².